The molecule has 0 N–H and O–H groups in total. The first-order valence-corrected chi connectivity index (χ1v) is 8.69. The molecule has 0 aliphatic heterocycles. The van der Waals surface area contributed by atoms with Crippen LogP contribution in [0.2, 0.25) is 19.6 Å². The highest BCUT2D eigenvalue weighted by molar-refractivity contribution is 9.11. The lowest BCUT2D eigenvalue weighted by Gasteiger charge is -2.06. The zero-order valence-corrected chi connectivity index (χ0v) is 10.9. The molecule has 0 aromatic carbocycles. The van der Waals surface area contributed by atoms with Crippen LogP contribution in [0.4, 0.5) is 0 Å². The van der Waals surface area contributed by atoms with E-state index in [4.69, 9.17) is 0 Å². The normalized spacial score (nSPS) is 17.7. The fourth-order valence-electron chi connectivity index (χ4n) is 0.876. The highest BCUT2D eigenvalue weighted by Crippen LogP contribution is 2.23. The van der Waals surface area contributed by atoms with Crippen molar-refractivity contribution in [3.8, 4) is 11.5 Å². The Morgan fingerprint density at radius 2 is 2.00 bits per heavy atom. The molecule has 2 heteroatoms. The Bertz CT molecular complexity index is 296. The summed E-state index contributed by atoms with van der Waals surface area (Å²) in [5.74, 6) is 3.23. The first-order valence-electron chi connectivity index (χ1n) is 4.40. The summed E-state index contributed by atoms with van der Waals surface area (Å²) >= 11 is 3.45. The van der Waals surface area contributed by atoms with Gasteiger partial charge in [-0.1, -0.05) is 53.6 Å². The second-order valence-electron chi connectivity index (χ2n) is 4.14. The van der Waals surface area contributed by atoms with Gasteiger partial charge in [0.2, 0.25) is 0 Å². The monoisotopic (exact) mass is 253 g/mol. The van der Waals surface area contributed by atoms with Gasteiger partial charge in [0.1, 0.15) is 8.07 Å². The minimum absolute atomic E-state index is 0.978. The second kappa shape index (κ2) is 4.30. The first-order chi connectivity index (χ1) is 5.97. The fourth-order valence-corrected chi connectivity index (χ4v) is 1.69. The predicted molar refractivity (Wildman–Crippen MR) is 65.1 cm³/mol. The largest absolute Gasteiger partial charge is 0.129 e. The molecule has 1 aliphatic rings. The van der Waals surface area contributed by atoms with Crippen molar-refractivity contribution in [2.45, 2.75) is 26.1 Å². The van der Waals surface area contributed by atoms with Crippen LogP contribution in [0, 0.1) is 16.3 Å². The SMILES string of the molecule is C[Si](C)(C)C#CC1=CC[C](Br)C=C1. The highest BCUT2D eigenvalue weighted by atomic mass is 79.9. The zero-order chi connectivity index (χ0) is 9.90. The maximum absolute atomic E-state index is 3.45. The van der Waals surface area contributed by atoms with E-state index in [1.54, 1.807) is 0 Å². The topological polar surface area (TPSA) is 0 Å². The maximum atomic E-state index is 3.45. The molecule has 1 radical (unpaired) electrons. The predicted octanol–water partition coefficient (Wildman–Crippen LogP) is 3.68. The van der Waals surface area contributed by atoms with E-state index in [9.17, 15) is 0 Å². The molecule has 0 saturated heterocycles. The standard InChI is InChI=1S/C11H14BrSi/c1-13(2,3)9-8-10-4-6-11(12)7-5-10/h4-6H,7H2,1-3H3. The number of rotatable bonds is 0. The summed E-state index contributed by atoms with van der Waals surface area (Å²) in [4.78, 5) is 1.23. The zero-order valence-electron chi connectivity index (χ0n) is 8.32. The van der Waals surface area contributed by atoms with Gasteiger partial charge in [-0.3, -0.25) is 0 Å². The minimum Gasteiger partial charge on any atom is -0.127 e. The minimum atomic E-state index is -1.21. The molecule has 0 spiro atoms. The highest BCUT2D eigenvalue weighted by Gasteiger charge is 2.08. The third-order valence-electron chi connectivity index (χ3n) is 1.54. The van der Waals surface area contributed by atoms with E-state index in [1.165, 1.54) is 4.83 Å². The van der Waals surface area contributed by atoms with Crippen molar-refractivity contribution in [2.75, 3.05) is 0 Å². The lowest BCUT2D eigenvalue weighted by molar-refractivity contribution is 1.22. The molecule has 0 heterocycles. The third-order valence-corrected chi connectivity index (χ3v) is 3.01. The van der Waals surface area contributed by atoms with Crippen LogP contribution in [0.3, 0.4) is 0 Å². The van der Waals surface area contributed by atoms with Gasteiger partial charge in [0.05, 0.1) is 4.83 Å². The lowest BCUT2D eigenvalue weighted by atomic mass is 10.1. The summed E-state index contributed by atoms with van der Waals surface area (Å²) in [6.07, 6.45) is 7.29. The van der Waals surface area contributed by atoms with Gasteiger partial charge in [-0.2, -0.15) is 0 Å². The Balaban J connectivity index is 2.65. The Morgan fingerprint density at radius 1 is 1.31 bits per heavy atom. The van der Waals surface area contributed by atoms with Crippen molar-refractivity contribution in [1.82, 2.24) is 0 Å². The third kappa shape index (κ3) is 4.49. The van der Waals surface area contributed by atoms with Gasteiger partial charge in [0.25, 0.3) is 0 Å². The van der Waals surface area contributed by atoms with Gasteiger partial charge in [-0.25, -0.2) is 0 Å². The number of allylic oxidation sites excluding steroid dienone is 4. The van der Waals surface area contributed by atoms with Crippen LogP contribution < -0.4 is 0 Å². The van der Waals surface area contributed by atoms with Crippen LogP contribution >= 0.6 is 15.9 Å². The van der Waals surface area contributed by atoms with Crippen molar-refractivity contribution < 1.29 is 0 Å². The first kappa shape index (κ1) is 10.8. The van der Waals surface area contributed by atoms with Crippen LogP contribution in [-0.2, 0) is 0 Å². The fraction of sp³-hybridized carbons (Fsp3) is 0.364. The molecule has 1 aliphatic carbocycles. The van der Waals surface area contributed by atoms with Crippen LogP contribution in [0.1, 0.15) is 6.42 Å². The van der Waals surface area contributed by atoms with E-state index in [0.29, 0.717) is 0 Å². The number of hydrogen-bond donors (Lipinski definition) is 0. The van der Waals surface area contributed by atoms with E-state index < -0.39 is 8.07 Å². The maximum Gasteiger partial charge on any atom is 0.129 e. The van der Waals surface area contributed by atoms with Crippen molar-refractivity contribution in [3.05, 3.63) is 28.6 Å². The molecule has 69 valence electrons. The molecule has 0 aromatic rings. The molecule has 0 saturated carbocycles. The van der Waals surface area contributed by atoms with Crippen molar-refractivity contribution in [3.63, 3.8) is 0 Å². The average Bonchev–Trinajstić information content (AvgIpc) is 2.02. The Kier molecular flexibility index (Phi) is 3.58. The summed E-state index contributed by atoms with van der Waals surface area (Å²) in [6.45, 7) is 6.78. The van der Waals surface area contributed by atoms with Gasteiger partial charge in [0.15, 0.2) is 0 Å². The van der Waals surface area contributed by atoms with Crippen LogP contribution in [0.15, 0.2) is 23.8 Å². The molecule has 0 unspecified atom stereocenters. The molecule has 0 bridgehead atoms. The Hall–Kier alpha value is -0.263. The Morgan fingerprint density at radius 3 is 2.46 bits per heavy atom. The molecular weight excluding hydrogens is 240 g/mol. The van der Waals surface area contributed by atoms with E-state index in [-0.39, 0.29) is 0 Å². The molecule has 1 rings (SSSR count). The van der Waals surface area contributed by atoms with E-state index >= 15 is 0 Å². The molecular formula is C11H14BrSi. The number of hydrogen-bond acceptors (Lipinski definition) is 0. The molecule has 0 amide bonds. The van der Waals surface area contributed by atoms with Gasteiger partial charge in [0, 0.05) is 5.57 Å². The van der Waals surface area contributed by atoms with Crippen molar-refractivity contribution in [2.24, 2.45) is 0 Å². The van der Waals surface area contributed by atoms with Gasteiger partial charge in [-0.05, 0) is 12.5 Å². The summed E-state index contributed by atoms with van der Waals surface area (Å²) in [5, 5.41) is 0. The molecule has 0 fully saturated rings. The molecule has 0 aromatic heterocycles. The van der Waals surface area contributed by atoms with E-state index in [0.717, 1.165) is 12.0 Å². The second-order valence-corrected chi connectivity index (χ2v) is 9.91. The van der Waals surface area contributed by atoms with Gasteiger partial charge in [-0.15, -0.1) is 5.54 Å². The van der Waals surface area contributed by atoms with E-state index in [2.05, 4.69) is 65.3 Å². The molecule has 0 nitrogen and oxygen atoms in total. The summed E-state index contributed by atoms with van der Waals surface area (Å²) in [5.41, 5.74) is 4.51. The lowest BCUT2D eigenvalue weighted by Crippen LogP contribution is -2.16. The smallest absolute Gasteiger partial charge is 0.127 e. The van der Waals surface area contributed by atoms with Crippen LogP contribution in [0.5, 0.6) is 0 Å². The van der Waals surface area contributed by atoms with Crippen LogP contribution in [-0.4, -0.2) is 8.07 Å². The molecule has 0 atom stereocenters. The van der Waals surface area contributed by atoms with Crippen LogP contribution in [0.25, 0.3) is 0 Å². The Labute approximate surface area is 90.3 Å². The van der Waals surface area contributed by atoms with E-state index in [1.807, 2.05) is 0 Å². The van der Waals surface area contributed by atoms with Gasteiger partial charge < -0.3 is 0 Å². The average molecular weight is 254 g/mol. The van der Waals surface area contributed by atoms with Gasteiger partial charge >= 0.3 is 0 Å². The van der Waals surface area contributed by atoms with Crippen molar-refractivity contribution >= 4 is 24.0 Å². The molecule has 13 heavy (non-hydrogen) atoms. The summed E-state index contributed by atoms with van der Waals surface area (Å²) in [7, 11) is -1.21. The summed E-state index contributed by atoms with van der Waals surface area (Å²) in [6, 6.07) is 0. The quantitative estimate of drug-likeness (QED) is 0.457. The number of halogens is 1. The van der Waals surface area contributed by atoms with Crippen molar-refractivity contribution in [1.29, 1.82) is 0 Å². The summed E-state index contributed by atoms with van der Waals surface area (Å²) < 4.78 is 0.